The number of hydrogen-bond acceptors (Lipinski definition) is 3. The summed E-state index contributed by atoms with van der Waals surface area (Å²) in [7, 11) is -3.77. The number of carbonyl (C=O) groups is 1. The normalized spacial score (nSPS) is 11.0. The molecule has 3 aromatic carbocycles. The maximum absolute atomic E-state index is 13.0. The lowest BCUT2D eigenvalue weighted by molar-refractivity contribution is 0.0951. The molecule has 154 valence electrons. The fourth-order valence-corrected chi connectivity index (χ4v) is 4.30. The van der Waals surface area contributed by atoms with Crippen LogP contribution in [0.2, 0.25) is 0 Å². The molecule has 0 radical (unpaired) electrons. The summed E-state index contributed by atoms with van der Waals surface area (Å²) < 4.78 is 40.2. The highest BCUT2D eigenvalue weighted by Crippen LogP contribution is 2.24. The average Bonchev–Trinajstić information content (AvgIpc) is 2.77. The quantitative estimate of drug-likeness (QED) is 0.553. The van der Waals surface area contributed by atoms with Gasteiger partial charge >= 0.3 is 0 Å². The fourth-order valence-electron chi connectivity index (χ4n) is 2.84. The minimum absolute atomic E-state index is 0.0906. The predicted octanol–water partition coefficient (Wildman–Crippen LogP) is 4.14. The number of halogens is 1. The molecule has 0 spiro atoms. The molecule has 3 aromatic rings. The third-order valence-corrected chi connectivity index (χ3v) is 6.22. The van der Waals surface area contributed by atoms with Gasteiger partial charge in [-0.3, -0.25) is 9.10 Å². The minimum Gasteiger partial charge on any atom is -0.348 e. The van der Waals surface area contributed by atoms with Crippen molar-refractivity contribution >= 4 is 21.6 Å². The summed E-state index contributed by atoms with van der Waals surface area (Å²) in [5.41, 5.74) is 1.58. The second-order valence-electron chi connectivity index (χ2n) is 6.49. The molecular weight excluding hydrogens is 403 g/mol. The summed E-state index contributed by atoms with van der Waals surface area (Å²) >= 11 is 0. The van der Waals surface area contributed by atoms with Gasteiger partial charge in [0, 0.05) is 12.1 Å². The summed E-state index contributed by atoms with van der Waals surface area (Å²) in [5, 5.41) is 2.76. The zero-order chi connectivity index (χ0) is 21.6. The Bertz CT molecular complexity index is 1110. The molecule has 7 heteroatoms. The van der Waals surface area contributed by atoms with Gasteiger partial charge < -0.3 is 5.32 Å². The van der Waals surface area contributed by atoms with Crippen LogP contribution in [0.5, 0.6) is 0 Å². The van der Waals surface area contributed by atoms with Crippen molar-refractivity contribution in [2.45, 2.75) is 11.4 Å². The molecule has 0 fully saturated rings. The highest BCUT2D eigenvalue weighted by molar-refractivity contribution is 7.92. The second-order valence-corrected chi connectivity index (χ2v) is 8.36. The molecule has 30 heavy (non-hydrogen) atoms. The van der Waals surface area contributed by atoms with Crippen LogP contribution >= 0.6 is 0 Å². The van der Waals surface area contributed by atoms with E-state index in [4.69, 9.17) is 0 Å². The molecule has 0 aliphatic heterocycles. The van der Waals surface area contributed by atoms with Gasteiger partial charge in [0.15, 0.2) is 0 Å². The zero-order valence-electron chi connectivity index (χ0n) is 16.2. The molecule has 3 rings (SSSR count). The third kappa shape index (κ3) is 4.93. The van der Waals surface area contributed by atoms with Gasteiger partial charge in [0.05, 0.1) is 17.1 Å². The zero-order valence-corrected chi connectivity index (χ0v) is 17.0. The van der Waals surface area contributed by atoms with Crippen molar-refractivity contribution in [1.29, 1.82) is 0 Å². The summed E-state index contributed by atoms with van der Waals surface area (Å²) in [6, 6.07) is 20.3. The standard InChI is InChI=1S/C23H21FN2O3S/c1-2-16-26(30(28,29)22-6-4-3-5-7-22)21-14-10-19(11-15-21)23(27)25-17-18-8-12-20(24)13-9-18/h2-15H,1,16-17H2,(H,25,27). The van der Waals surface area contributed by atoms with E-state index in [1.165, 1.54) is 34.6 Å². The van der Waals surface area contributed by atoms with Crippen LogP contribution in [0.15, 0.2) is 96.4 Å². The van der Waals surface area contributed by atoms with Gasteiger partial charge in [0.2, 0.25) is 0 Å². The Kier molecular flexibility index (Phi) is 6.64. The Labute approximate surface area is 175 Å². The number of nitrogens with zero attached hydrogens (tertiary/aromatic N) is 1. The Balaban J connectivity index is 1.76. The first-order chi connectivity index (χ1) is 14.4. The van der Waals surface area contributed by atoms with E-state index in [1.807, 2.05) is 0 Å². The molecule has 0 heterocycles. The van der Waals surface area contributed by atoms with Gasteiger partial charge in [-0.1, -0.05) is 36.4 Å². The maximum Gasteiger partial charge on any atom is 0.264 e. The van der Waals surface area contributed by atoms with Crippen molar-refractivity contribution < 1.29 is 17.6 Å². The van der Waals surface area contributed by atoms with Crippen LogP contribution in [-0.2, 0) is 16.6 Å². The Hall–Kier alpha value is -3.45. The molecule has 0 aliphatic rings. The van der Waals surface area contributed by atoms with E-state index in [1.54, 1.807) is 54.6 Å². The summed E-state index contributed by atoms with van der Waals surface area (Å²) in [4.78, 5) is 12.6. The lowest BCUT2D eigenvalue weighted by Crippen LogP contribution is -2.31. The summed E-state index contributed by atoms with van der Waals surface area (Å²) in [6.45, 7) is 3.99. The average molecular weight is 424 g/mol. The van der Waals surface area contributed by atoms with Crippen LogP contribution in [0.1, 0.15) is 15.9 Å². The number of amides is 1. The first-order valence-electron chi connectivity index (χ1n) is 9.23. The monoisotopic (exact) mass is 424 g/mol. The van der Waals surface area contributed by atoms with Crippen molar-refractivity contribution in [2.75, 3.05) is 10.8 Å². The number of sulfonamides is 1. The van der Waals surface area contributed by atoms with E-state index in [9.17, 15) is 17.6 Å². The van der Waals surface area contributed by atoms with Gasteiger partial charge in [0.25, 0.3) is 15.9 Å². The van der Waals surface area contributed by atoms with Gasteiger partial charge in [-0.2, -0.15) is 0 Å². The molecule has 0 unspecified atom stereocenters. The molecular formula is C23H21FN2O3S. The SMILES string of the molecule is C=CCN(c1ccc(C(=O)NCc2ccc(F)cc2)cc1)S(=O)(=O)c1ccccc1. The van der Waals surface area contributed by atoms with Crippen LogP contribution in [-0.4, -0.2) is 20.9 Å². The smallest absolute Gasteiger partial charge is 0.264 e. The summed E-state index contributed by atoms with van der Waals surface area (Å²) in [5.74, 6) is -0.651. The van der Waals surface area contributed by atoms with Gasteiger partial charge in [-0.05, 0) is 54.1 Å². The molecule has 1 amide bonds. The molecule has 0 atom stereocenters. The third-order valence-electron chi connectivity index (χ3n) is 4.41. The van der Waals surface area contributed by atoms with E-state index >= 15 is 0 Å². The molecule has 0 saturated carbocycles. The minimum atomic E-state index is -3.77. The van der Waals surface area contributed by atoms with Crippen LogP contribution in [0.4, 0.5) is 10.1 Å². The van der Waals surface area contributed by atoms with E-state index in [2.05, 4.69) is 11.9 Å². The first-order valence-corrected chi connectivity index (χ1v) is 10.7. The van der Waals surface area contributed by atoms with E-state index in [0.29, 0.717) is 11.3 Å². The lowest BCUT2D eigenvalue weighted by atomic mass is 10.1. The molecule has 0 aliphatic carbocycles. The fraction of sp³-hybridized carbons (Fsp3) is 0.0870. The molecule has 5 nitrogen and oxygen atoms in total. The van der Waals surface area contributed by atoms with E-state index in [0.717, 1.165) is 5.56 Å². The van der Waals surface area contributed by atoms with Crippen LogP contribution < -0.4 is 9.62 Å². The largest absolute Gasteiger partial charge is 0.348 e. The number of benzene rings is 3. The number of carbonyl (C=O) groups excluding carboxylic acids is 1. The van der Waals surface area contributed by atoms with Gasteiger partial charge in [-0.25, -0.2) is 12.8 Å². The first kappa shape index (κ1) is 21.3. The molecule has 0 aromatic heterocycles. The van der Waals surface area contributed by atoms with Crippen LogP contribution in [0, 0.1) is 5.82 Å². The lowest BCUT2D eigenvalue weighted by Gasteiger charge is -2.23. The number of nitrogens with one attached hydrogen (secondary N) is 1. The summed E-state index contributed by atoms with van der Waals surface area (Å²) in [6.07, 6.45) is 1.50. The van der Waals surface area contributed by atoms with Crippen molar-refractivity contribution in [1.82, 2.24) is 5.32 Å². The van der Waals surface area contributed by atoms with Gasteiger partial charge in [-0.15, -0.1) is 6.58 Å². The van der Waals surface area contributed by atoms with E-state index < -0.39 is 10.0 Å². The Morgan fingerprint density at radius 1 is 0.967 bits per heavy atom. The number of hydrogen-bond donors (Lipinski definition) is 1. The number of anilines is 1. The highest BCUT2D eigenvalue weighted by Gasteiger charge is 2.23. The van der Waals surface area contributed by atoms with Crippen molar-refractivity contribution in [3.8, 4) is 0 Å². The van der Waals surface area contributed by atoms with Crippen molar-refractivity contribution in [3.63, 3.8) is 0 Å². The maximum atomic E-state index is 13.0. The molecule has 0 bridgehead atoms. The molecule has 1 N–H and O–H groups in total. The van der Waals surface area contributed by atoms with Crippen molar-refractivity contribution in [3.05, 3.63) is 108 Å². The predicted molar refractivity (Wildman–Crippen MR) is 115 cm³/mol. The highest BCUT2D eigenvalue weighted by atomic mass is 32.2. The number of rotatable bonds is 8. The Morgan fingerprint density at radius 2 is 1.60 bits per heavy atom. The van der Waals surface area contributed by atoms with Crippen LogP contribution in [0.25, 0.3) is 0 Å². The Morgan fingerprint density at radius 3 is 2.20 bits per heavy atom. The second kappa shape index (κ2) is 9.37. The van der Waals surface area contributed by atoms with Crippen LogP contribution in [0.3, 0.4) is 0 Å². The van der Waals surface area contributed by atoms with E-state index in [-0.39, 0.29) is 29.7 Å². The van der Waals surface area contributed by atoms with Gasteiger partial charge in [0.1, 0.15) is 5.82 Å². The molecule has 0 saturated heterocycles. The van der Waals surface area contributed by atoms with Crippen molar-refractivity contribution in [2.24, 2.45) is 0 Å². The topological polar surface area (TPSA) is 66.5 Å².